The maximum atomic E-state index is 3.85. The maximum Gasteiger partial charge on any atom is 0.0349 e. The topological polar surface area (TPSA) is 15.3 Å². The van der Waals surface area contributed by atoms with Crippen LogP contribution in [0.25, 0.3) is 0 Å². The fourth-order valence-electron chi connectivity index (χ4n) is 3.26. The Kier molecular flexibility index (Phi) is 3.90. The SMILES string of the molecule is Cc1ccc(C(NCC2CCCN2C)C2CC2)cc1. The number of nitrogens with zero attached hydrogens (tertiary/aromatic N) is 1. The van der Waals surface area contributed by atoms with Gasteiger partial charge in [0.2, 0.25) is 0 Å². The smallest absolute Gasteiger partial charge is 0.0349 e. The van der Waals surface area contributed by atoms with Gasteiger partial charge in [0.25, 0.3) is 0 Å². The van der Waals surface area contributed by atoms with Crippen LogP contribution in [0.1, 0.15) is 42.9 Å². The van der Waals surface area contributed by atoms with Crippen LogP contribution in [-0.2, 0) is 0 Å². The van der Waals surface area contributed by atoms with Crippen LogP contribution in [0.5, 0.6) is 0 Å². The van der Waals surface area contributed by atoms with Crippen molar-refractivity contribution in [2.75, 3.05) is 20.1 Å². The van der Waals surface area contributed by atoms with Crippen LogP contribution in [0.3, 0.4) is 0 Å². The van der Waals surface area contributed by atoms with Crippen molar-refractivity contribution >= 4 is 0 Å². The average molecular weight is 258 g/mol. The minimum Gasteiger partial charge on any atom is -0.308 e. The molecule has 0 amide bonds. The number of rotatable bonds is 5. The Labute approximate surface area is 117 Å². The highest BCUT2D eigenvalue weighted by Gasteiger charge is 2.33. The molecule has 0 spiro atoms. The van der Waals surface area contributed by atoms with Crippen molar-refractivity contribution < 1.29 is 0 Å². The van der Waals surface area contributed by atoms with Gasteiger partial charge in [-0.15, -0.1) is 0 Å². The molecule has 3 rings (SSSR count). The molecule has 2 atom stereocenters. The summed E-state index contributed by atoms with van der Waals surface area (Å²) in [6, 6.07) is 10.4. The lowest BCUT2D eigenvalue weighted by atomic mass is 10.0. The summed E-state index contributed by atoms with van der Waals surface area (Å²) in [6.45, 7) is 4.58. The van der Waals surface area contributed by atoms with Crippen molar-refractivity contribution in [3.05, 3.63) is 35.4 Å². The van der Waals surface area contributed by atoms with E-state index in [2.05, 4.69) is 48.5 Å². The number of likely N-dealkylation sites (tertiary alicyclic amines) is 1. The number of hydrogen-bond acceptors (Lipinski definition) is 2. The summed E-state index contributed by atoms with van der Waals surface area (Å²) in [6.07, 6.45) is 5.51. The van der Waals surface area contributed by atoms with Gasteiger partial charge >= 0.3 is 0 Å². The molecule has 1 aromatic carbocycles. The lowest BCUT2D eigenvalue weighted by Crippen LogP contribution is -2.37. The summed E-state index contributed by atoms with van der Waals surface area (Å²) in [7, 11) is 2.26. The van der Waals surface area contributed by atoms with E-state index in [1.54, 1.807) is 0 Å². The van der Waals surface area contributed by atoms with Gasteiger partial charge in [0.15, 0.2) is 0 Å². The number of likely N-dealkylation sites (N-methyl/N-ethyl adjacent to an activating group) is 1. The van der Waals surface area contributed by atoms with Crippen LogP contribution in [0, 0.1) is 12.8 Å². The fraction of sp³-hybridized carbons (Fsp3) is 0.647. The van der Waals surface area contributed by atoms with Crippen molar-refractivity contribution in [1.82, 2.24) is 10.2 Å². The highest BCUT2D eigenvalue weighted by molar-refractivity contribution is 5.25. The third kappa shape index (κ3) is 3.18. The zero-order valence-electron chi connectivity index (χ0n) is 12.2. The number of benzene rings is 1. The minimum atomic E-state index is 0.578. The third-order valence-corrected chi connectivity index (χ3v) is 4.77. The predicted molar refractivity (Wildman–Crippen MR) is 80.3 cm³/mol. The molecule has 1 heterocycles. The van der Waals surface area contributed by atoms with Gasteiger partial charge in [0.1, 0.15) is 0 Å². The molecule has 2 aliphatic rings. The normalized spacial score (nSPS) is 25.7. The Balaban J connectivity index is 1.63. The zero-order chi connectivity index (χ0) is 13.2. The van der Waals surface area contributed by atoms with Gasteiger partial charge in [-0.25, -0.2) is 0 Å². The van der Waals surface area contributed by atoms with E-state index >= 15 is 0 Å². The Morgan fingerprint density at radius 3 is 2.53 bits per heavy atom. The maximum absolute atomic E-state index is 3.85. The second-order valence-electron chi connectivity index (χ2n) is 6.41. The first kappa shape index (κ1) is 13.1. The molecule has 104 valence electrons. The van der Waals surface area contributed by atoms with Gasteiger partial charge in [-0.1, -0.05) is 29.8 Å². The van der Waals surface area contributed by atoms with E-state index in [0.717, 1.165) is 18.5 Å². The summed E-state index contributed by atoms with van der Waals surface area (Å²) < 4.78 is 0. The van der Waals surface area contributed by atoms with Gasteiger partial charge in [-0.05, 0) is 57.7 Å². The van der Waals surface area contributed by atoms with Gasteiger partial charge in [-0.2, -0.15) is 0 Å². The molecule has 1 aliphatic carbocycles. The predicted octanol–water partition coefficient (Wildman–Crippen LogP) is 3.13. The first-order chi connectivity index (χ1) is 9.24. The first-order valence-electron chi connectivity index (χ1n) is 7.74. The highest BCUT2D eigenvalue weighted by atomic mass is 15.2. The molecular formula is C17H26N2. The molecule has 0 aromatic heterocycles. The van der Waals surface area contributed by atoms with Crippen LogP contribution >= 0.6 is 0 Å². The van der Waals surface area contributed by atoms with Crippen molar-refractivity contribution in [1.29, 1.82) is 0 Å². The summed E-state index contributed by atoms with van der Waals surface area (Å²) in [5, 5.41) is 3.85. The summed E-state index contributed by atoms with van der Waals surface area (Å²) in [4.78, 5) is 2.51. The Morgan fingerprint density at radius 1 is 1.21 bits per heavy atom. The van der Waals surface area contributed by atoms with Gasteiger partial charge in [-0.3, -0.25) is 0 Å². The van der Waals surface area contributed by atoms with E-state index in [9.17, 15) is 0 Å². The van der Waals surface area contributed by atoms with Crippen molar-refractivity contribution in [2.45, 2.75) is 44.7 Å². The van der Waals surface area contributed by atoms with E-state index in [1.807, 2.05) is 0 Å². The van der Waals surface area contributed by atoms with Crippen LogP contribution < -0.4 is 5.32 Å². The van der Waals surface area contributed by atoms with Crippen LogP contribution in [0.4, 0.5) is 0 Å². The average Bonchev–Trinajstić information content (AvgIpc) is 3.16. The van der Waals surface area contributed by atoms with E-state index in [1.165, 1.54) is 43.4 Å². The molecule has 19 heavy (non-hydrogen) atoms. The van der Waals surface area contributed by atoms with E-state index in [-0.39, 0.29) is 0 Å². The Hall–Kier alpha value is -0.860. The van der Waals surface area contributed by atoms with Gasteiger partial charge in [0.05, 0.1) is 0 Å². The molecule has 0 radical (unpaired) electrons. The minimum absolute atomic E-state index is 0.578. The molecule has 1 aliphatic heterocycles. The van der Waals surface area contributed by atoms with Gasteiger partial charge < -0.3 is 10.2 Å². The zero-order valence-corrected chi connectivity index (χ0v) is 12.2. The van der Waals surface area contributed by atoms with Crippen molar-refractivity contribution in [3.8, 4) is 0 Å². The molecule has 2 fully saturated rings. The Morgan fingerprint density at radius 2 is 1.95 bits per heavy atom. The van der Waals surface area contributed by atoms with Crippen molar-refractivity contribution in [2.24, 2.45) is 5.92 Å². The molecule has 1 saturated heterocycles. The van der Waals surface area contributed by atoms with Gasteiger partial charge in [0, 0.05) is 18.6 Å². The molecule has 1 saturated carbocycles. The molecule has 1 aromatic rings. The van der Waals surface area contributed by atoms with E-state index in [0.29, 0.717) is 6.04 Å². The monoisotopic (exact) mass is 258 g/mol. The number of aryl methyl sites for hydroxylation is 1. The molecular weight excluding hydrogens is 232 g/mol. The molecule has 2 heteroatoms. The van der Waals surface area contributed by atoms with Crippen LogP contribution in [0.2, 0.25) is 0 Å². The molecule has 2 unspecified atom stereocenters. The number of nitrogens with one attached hydrogen (secondary N) is 1. The summed E-state index contributed by atoms with van der Waals surface area (Å²) >= 11 is 0. The van der Waals surface area contributed by atoms with Crippen LogP contribution in [0.15, 0.2) is 24.3 Å². The van der Waals surface area contributed by atoms with E-state index in [4.69, 9.17) is 0 Å². The molecule has 1 N–H and O–H groups in total. The first-order valence-corrected chi connectivity index (χ1v) is 7.74. The Bertz CT molecular complexity index is 408. The summed E-state index contributed by atoms with van der Waals surface area (Å²) in [5.41, 5.74) is 2.84. The second kappa shape index (κ2) is 5.64. The van der Waals surface area contributed by atoms with Crippen LogP contribution in [-0.4, -0.2) is 31.1 Å². The molecule has 0 bridgehead atoms. The lowest BCUT2D eigenvalue weighted by molar-refractivity contribution is 0.287. The summed E-state index contributed by atoms with van der Waals surface area (Å²) in [5.74, 6) is 0.870. The fourth-order valence-corrected chi connectivity index (χ4v) is 3.26. The second-order valence-corrected chi connectivity index (χ2v) is 6.41. The molecule has 2 nitrogen and oxygen atoms in total. The number of hydrogen-bond donors (Lipinski definition) is 1. The van der Waals surface area contributed by atoms with Crippen molar-refractivity contribution in [3.63, 3.8) is 0 Å². The highest BCUT2D eigenvalue weighted by Crippen LogP contribution is 2.41. The largest absolute Gasteiger partial charge is 0.308 e. The lowest BCUT2D eigenvalue weighted by Gasteiger charge is -2.25. The quantitative estimate of drug-likeness (QED) is 0.873. The third-order valence-electron chi connectivity index (χ3n) is 4.77. The van der Waals surface area contributed by atoms with E-state index < -0.39 is 0 Å². The standard InChI is InChI=1S/C17H26N2/c1-13-5-7-14(8-6-13)17(15-9-10-15)18-12-16-4-3-11-19(16)2/h5-8,15-18H,3-4,9-12H2,1-2H3.